The smallest absolute Gasteiger partial charge is 0.155 e. The van der Waals surface area contributed by atoms with Gasteiger partial charge in [-0.15, -0.1) is 0 Å². The SMILES string of the molecule is CC(C)(O)c1c(F)c(C(O)CN)nc(-c2ccc(F)cc2)c1Cl. The van der Waals surface area contributed by atoms with Crippen molar-refractivity contribution in [3.63, 3.8) is 0 Å². The molecule has 2 rings (SSSR count). The fourth-order valence-electron chi connectivity index (χ4n) is 2.23. The molecule has 0 aliphatic rings. The van der Waals surface area contributed by atoms with Gasteiger partial charge in [-0.05, 0) is 38.1 Å². The van der Waals surface area contributed by atoms with E-state index in [0.717, 1.165) is 0 Å². The highest BCUT2D eigenvalue weighted by atomic mass is 35.5. The van der Waals surface area contributed by atoms with E-state index in [1.807, 2.05) is 0 Å². The molecule has 7 heteroatoms. The molecule has 124 valence electrons. The highest BCUT2D eigenvalue weighted by Crippen LogP contribution is 2.38. The molecule has 0 saturated heterocycles. The van der Waals surface area contributed by atoms with Gasteiger partial charge in [0.1, 0.15) is 17.6 Å². The van der Waals surface area contributed by atoms with Crippen LogP contribution in [-0.2, 0) is 5.60 Å². The number of aromatic nitrogens is 1. The predicted octanol–water partition coefficient (Wildman–Crippen LogP) is 2.90. The lowest BCUT2D eigenvalue weighted by molar-refractivity contribution is 0.0734. The Balaban J connectivity index is 2.79. The van der Waals surface area contributed by atoms with Crippen LogP contribution in [0.5, 0.6) is 0 Å². The Labute approximate surface area is 137 Å². The number of hydrogen-bond acceptors (Lipinski definition) is 4. The molecule has 0 aliphatic carbocycles. The van der Waals surface area contributed by atoms with Crippen molar-refractivity contribution in [3.05, 3.63) is 52.2 Å². The number of pyridine rings is 1. The first-order chi connectivity index (χ1) is 10.7. The molecular formula is C16H17ClF2N2O2. The number of hydrogen-bond donors (Lipinski definition) is 3. The molecule has 2 aromatic rings. The molecule has 0 aliphatic heterocycles. The molecule has 1 unspecified atom stereocenters. The number of nitrogens with zero attached hydrogens (tertiary/aromatic N) is 1. The van der Waals surface area contributed by atoms with Crippen LogP contribution in [0.4, 0.5) is 8.78 Å². The van der Waals surface area contributed by atoms with Crippen molar-refractivity contribution >= 4 is 11.6 Å². The maximum absolute atomic E-state index is 14.6. The Morgan fingerprint density at radius 1 is 1.26 bits per heavy atom. The van der Waals surface area contributed by atoms with Crippen LogP contribution in [0.1, 0.15) is 31.2 Å². The van der Waals surface area contributed by atoms with Gasteiger partial charge in [-0.25, -0.2) is 13.8 Å². The summed E-state index contributed by atoms with van der Waals surface area (Å²) in [7, 11) is 0. The number of halogens is 3. The van der Waals surface area contributed by atoms with Crippen LogP contribution in [0.15, 0.2) is 24.3 Å². The van der Waals surface area contributed by atoms with Crippen molar-refractivity contribution in [1.29, 1.82) is 0 Å². The van der Waals surface area contributed by atoms with Crippen molar-refractivity contribution in [1.82, 2.24) is 4.98 Å². The lowest BCUT2D eigenvalue weighted by Crippen LogP contribution is -2.23. The zero-order chi connectivity index (χ0) is 17.4. The predicted molar refractivity (Wildman–Crippen MR) is 83.9 cm³/mol. The van der Waals surface area contributed by atoms with Gasteiger partial charge in [-0.1, -0.05) is 11.6 Å². The minimum Gasteiger partial charge on any atom is -0.386 e. The quantitative estimate of drug-likeness (QED) is 0.798. The van der Waals surface area contributed by atoms with Crippen molar-refractivity contribution in [2.75, 3.05) is 6.54 Å². The van der Waals surface area contributed by atoms with E-state index in [4.69, 9.17) is 17.3 Å². The average Bonchev–Trinajstić information content (AvgIpc) is 2.46. The van der Waals surface area contributed by atoms with Crippen LogP contribution < -0.4 is 5.73 Å². The minimum absolute atomic E-state index is 0.102. The summed E-state index contributed by atoms with van der Waals surface area (Å²) in [6.07, 6.45) is -1.35. The number of rotatable bonds is 4. The molecule has 1 atom stereocenters. The first kappa shape index (κ1) is 17.7. The van der Waals surface area contributed by atoms with Crippen LogP contribution in [0, 0.1) is 11.6 Å². The zero-order valence-corrected chi connectivity index (χ0v) is 13.4. The third-order valence-corrected chi connectivity index (χ3v) is 3.74. The summed E-state index contributed by atoms with van der Waals surface area (Å²) in [6, 6.07) is 5.27. The molecule has 4 nitrogen and oxygen atoms in total. The van der Waals surface area contributed by atoms with Crippen molar-refractivity contribution in [3.8, 4) is 11.3 Å². The monoisotopic (exact) mass is 342 g/mol. The van der Waals surface area contributed by atoms with E-state index >= 15 is 0 Å². The Kier molecular flexibility index (Phi) is 5.01. The van der Waals surface area contributed by atoms with Gasteiger partial charge in [-0.2, -0.15) is 0 Å². The Bertz CT molecular complexity index is 716. The van der Waals surface area contributed by atoms with Gasteiger partial charge in [0.15, 0.2) is 5.82 Å². The normalized spacial score (nSPS) is 13.2. The first-order valence-corrected chi connectivity index (χ1v) is 7.30. The van der Waals surface area contributed by atoms with E-state index in [1.54, 1.807) is 0 Å². The van der Waals surface area contributed by atoms with Crippen molar-refractivity contribution in [2.24, 2.45) is 5.73 Å². The summed E-state index contributed by atoms with van der Waals surface area (Å²) >= 11 is 6.22. The van der Waals surface area contributed by atoms with Gasteiger partial charge in [0.05, 0.1) is 16.3 Å². The summed E-state index contributed by atoms with van der Waals surface area (Å²) in [5.74, 6) is -1.36. The third-order valence-electron chi connectivity index (χ3n) is 3.37. The van der Waals surface area contributed by atoms with Gasteiger partial charge in [0.2, 0.25) is 0 Å². The summed E-state index contributed by atoms with van der Waals surface area (Å²) in [4.78, 5) is 4.05. The highest BCUT2D eigenvalue weighted by Gasteiger charge is 2.31. The zero-order valence-electron chi connectivity index (χ0n) is 12.6. The Morgan fingerprint density at radius 2 is 1.83 bits per heavy atom. The molecule has 1 aromatic heterocycles. The average molecular weight is 343 g/mol. The van der Waals surface area contributed by atoms with E-state index < -0.39 is 23.3 Å². The first-order valence-electron chi connectivity index (χ1n) is 6.92. The third kappa shape index (κ3) is 3.50. The minimum atomic E-state index is -1.61. The fourth-order valence-corrected chi connectivity index (χ4v) is 2.70. The molecule has 0 radical (unpaired) electrons. The van der Waals surface area contributed by atoms with Crippen LogP contribution in [0.3, 0.4) is 0 Å². The van der Waals surface area contributed by atoms with Gasteiger partial charge in [0, 0.05) is 17.7 Å². The van der Waals surface area contributed by atoms with E-state index in [9.17, 15) is 19.0 Å². The molecule has 23 heavy (non-hydrogen) atoms. The van der Waals surface area contributed by atoms with E-state index in [-0.39, 0.29) is 28.5 Å². The standard InChI is InChI=1S/C16H17ClF2N2O2/c1-16(2,23)11-12(17)14(8-3-5-9(18)6-4-8)21-15(13(11)19)10(22)7-20/h3-6,10,22-23H,7,20H2,1-2H3. The van der Waals surface area contributed by atoms with E-state index in [1.165, 1.54) is 38.1 Å². The maximum atomic E-state index is 14.6. The van der Waals surface area contributed by atoms with Crippen LogP contribution in [0.25, 0.3) is 11.3 Å². The topological polar surface area (TPSA) is 79.4 Å². The van der Waals surface area contributed by atoms with Gasteiger partial charge in [0.25, 0.3) is 0 Å². The highest BCUT2D eigenvalue weighted by molar-refractivity contribution is 6.34. The van der Waals surface area contributed by atoms with Gasteiger partial charge < -0.3 is 15.9 Å². The number of nitrogens with two attached hydrogens (primary N) is 1. The van der Waals surface area contributed by atoms with E-state index in [0.29, 0.717) is 5.56 Å². The maximum Gasteiger partial charge on any atom is 0.155 e. The van der Waals surface area contributed by atoms with Gasteiger partial charge >= 0.3 is 0 Å². The second kappa shape index (κ2) is 6.49. The Hall–Kier alpha value is -1.60. The summed E-state index contributed by atoms with van der Waals surface area (Å²) in [5.41, 5.74) is 3.81. The molecule has 1 aromatic carbocycles. The van der Waals surface area contributed by atoms with Crippen LogP contribution in [0.2, 0.25) is 5.02 Å². The molecule has 1 heterocycles. The lowest BCUT2D eigenvalue weighted by Gasteiger charge is -2.24. The van der Waals surface area contributed by atoms with E-state index in [2.05, 4.69) is 4.98 Å². The lowest BCUT2D eigenvalue weighted by atomic mass is 9.94. The number of benzene rings is 1. The second-order valence-corrected chi connectivity index (χ2v) is 6.04. The molecular weight excluding hydrogens is 326 g/mol. The van der Waals surface area contributed by atoms with Crippen LogP contribution >= 0.6 is 11.6 Å². The molecule has 0 bridgehead atoms. The molecule has 0 saturated carbocycles. The molecule has 0 amide bonds. The summed E-state index contributed by atoms with van der Waals surface area (Å²) in [6.45, 7) is 2.48. The summed E-state index contributed by atoms with van der Waals surface area (Å²) in [5, 5.41) is 20.0. The van der Waals surface area contributed by atoms with Crippen molar-refractivity contribution < 1.29 is 19.0 Å². The van der Waals surface area contributed by atoms with Gasteiger partial charge in [-0.3, -0.25) is 0 Å². The molecule has 0 spiro atoms. The van der Waals surface area contributed by atoms with Crippen LogP contribution in [-0.4, -0.2) is 21.7 Å². The number of aliphatic hydroxyl groups is 2. The second-order valence-electron chi connectivity index (χ2n) is 5.67. The molecule has 0 fully saturated rings. The number of aliphatic hydroxyl groups excluding tert-OH is 1. The summed E-state index contributed by atoms with van der Waals surface area (Å²) < 4.78 is 27.7. The Morgan fingerprint density at radius 3 is 2.30 bits per heavy atom. The van der Waals surface area contributed by atoms with Crippen molar-refractivity contribution in [2.45, 2.75) is 25.6 Å². The fraction of sp³-hybridized carbons (Fsp3) is 0.312. The largest absolute Gasteiger partial charge is 0.386 e. The molecule has 4 N–H and O–H groups in total.